The van der Waals surface area contributed by atoms with Crippen LogP contribution in [0, 0.1) is 6.92 Å². The number of rotatable bonds is 4. The molecule has 0 spiro atoms. The van der Waals surface area contributed by atoms with Crippen molar-refractivity contribution in [1.82, 2.24) is 4.98 Å². The van der Waals surface area contributed by atoms with Gasteiger partial charge in [-0.15, -0.1) is 11.3 Å². The normalized spacial score (nSPS) is 11.7. The van der Waals surface area contributed by atoms with Crippen LogP contribution in [0.5, 0.6) is 0 Å². The fourth-order valence-corrected chi connectivity index (χ4v) is 3.35. The number of anilines is 1. The Bertz CT molecular complexity index is 1190. The van der Waals surface area contributed by atoms with Crippen molar-refractivity contribution in [3.05, 3.63) is 81.5 Å². The van der Waals surface area contributed by atoms with Crippen LogP contribution in [0.2, 0.25) is 0 Å². The van der Waals surface area contributed by atoms with Crippen LogP contribution in [0.4, 0.5) is 5.13 Å². The first kappa shape index (κ1) is 17.2. The van der Waals surface area contributed by atoms with Crippen LogP contribution < -0.4 is 11.1 Å². The molecule has 2 aromatic carbocycles. The number of aryl methyl sites for hydroxylation is 1. The van der Waals surface area contributed by atoms with E-state index in [1.165, 1.54) is 16.9 Å². The molecule has 1 N–H and O–H groups in total. The fraction of sp³-hybridized carbons (Fsp3) is 0.0952. The van der Waals surface area contributed by atoms with E-state index in [2.05, 4.69) is 34.6 Å². The smallest absolute Gasteiger partial charge is 0.345 e. The summed E-state index contributed by atoms with van der Waals surface area (Å²) < 4.78 is 5.36. The minimum absolute atomic E-state index is 0.406. The van der Waals surface area contributed by atoms with Gasteiger partial charge >= 0.3 is 5.63 Å². The van der Waals surface area contributed by atoms with E-state index in [1.807, 2.05) is 35.7 Å². The monoisotopic (exact) mass is 375 g/mol. The van der Waals surface area contributed by atoms with E-state index in [1.54, 1.807) is 19.1 Å². The van der Waals surface area contributed by atoms with Crippen LogP contribution in [0.1, 0.15) is 18.1 Å². The lowest BCUT2D eigenvalue weighted by molar-refractivity contribution is 0.559. The van der Waals surface area contributed by atoms with Crippen LogP contribution >= 0.6 is 11.3 Å². The van der Waals surface area contributed by atoms with E-state index in [4.69, 9.17) is 4.42 Å². The van der Waals surface area contributed by atoms with Crippen molar-refractivity contribution in [3.8, 4) is 11.3 Å². The van der Waals surface area contributed by atoms with Crippen LogP contribution in [0.25, 0.3) is 22.2 Å². The van der Waals surface area contributed by atoms with E-state index in [0.717, 1.165) is 16.6 Å². The summed E-state index contributed by atoms with van der Waals surface area (Å²) in [4.78, 5) is 16.8. The molecule has 0 radical (unpaired) electrons. The summed E-state index contributed by atoms with van der Waals surface area (Å²) in [7, 11) is 0. The van der Waals surface area contributed by atoms with Crippen LogP contribution in [-0.4, -0.2) is 10.7 Å². The lowest BCUT2D eigenvalue weighted by atomic mass is 10.1. The average molecular weight is 375 g/mol. The highest BCUT2D eigenvalue weighted by atomic mass is 32.1. The first-order valence-electron chi connectivity index (χ1n) is 8.46. The molecule has 2 aromatic heterocycles. The molecule has 134 valence electrons. The predicted molar refractivity (Wildman–Crippen MR) is 111 cm³/mol. The number of fused-ring (bicyclic) bond motifs is 1. The van der Waals surface area contributed by atoms with Gasteiger partial charge in [0.1, 0.15) is 5.58 Å². The Balaban J connectivity index is 1.57. The number of para-hydroxylation sites is 1. The first-order valence-corrected chi connectivity index (χ1v) is 9.34. The summed E-state index contributed by atoms with van der Waals surface area (Å²) >= 11 is 1.46. The van der Waals surface area contributed by atoms with Gasteiger partial charge in [-0.25, -0.2) is 9.78 Å². The molecule has 2 heterocycles. The number of aromatic nitrogens is 1. The highest BCUT2D eigenvalue weighted by molar-refractivity contribution is 7.14. The van der Waals surface area contributed by atoms with E-state index < -0.39 is 5.63 Å². The summed E-state index contributed by atoms with van der Waals surface area (Å²) in [5.41, 5.74) is 7.22. The molecular weight excluding hydrogens is 358 g/mol. The average Bonchev–Trinajstić information content (AvgIpc) is 3.15. The van der Waals surface area contributed by atoms with Gasteiger partial charge in [-0.05, 0) is 26.0 Å². The number of benzene rings is 2. The molecule has 0 bridgehead atoms. The standard InChI is InChI=1S/C21H17N3O2S/c1-13-7-9-15(10-8-13)18-12-27-21(22-18)24-23-14(2)17-11-16-5-3-4-6-19(16)26-20(17)25/h3-12H,1-2H3,(H,22,24)/b23-14-. The van der Waals surface area contributed by atoms with Crippen LogP contribution in [0.3, 0.4) is 0 Å². The third kappa shape index (κ3) is 3.66. The summed E-state index contributed by atoms with van der Waals surface area (Å²) in [5.74, 6) is 0. The predicted octanol–water partition coefficient (Wildman–Crippen LogP) is 5.06. The van der Waals surface area contributed by atoms with Gasteiger partial charge in [0.25, 0.3) is 0 Å². The zero-order chi connectivity index (χ0) is 18.8. The maximum atomic E-state index is 12.2. The molecule has 6 heteroatoms. The van der Waals surface area contributed by atoms with E-state index >= 15 is 0 Å². The zero-order valence-corrected chi connectivity index (χ0v) is 15.7. The Hall–Kier alpha value is -3.25. The molecular formula is C21H17N3O2S. The molecule has 27 heavy (non-hydrogen) atoms. The molecule has 0 amide bonds. The molecule has 0 fully saturated rings. The number of hydrogen-bond acceptors (Lipinski definition) is 6. The van der Waals surface area contributed by atoms with Crippen LogP contribution in [-0.2, 0) is 0 Å². The van der Waals surface area contributed by atoms with E-state index in [-0.39, 0.29) is 0 Å². The Morgan fingerprint density at radius 3 is 2.74 bits per heavy atom. The SMILES string of the molecule is C/C(=N/Nc1nc(-c2ccc(C)cc2)cs1)c1cc2ccccc2oc1=O. The maximum Gasteiger partial charge on any atom is 0.345 e. The molecule has 0 saturated heterocycles. The lowest BCUT2D eigenvalue weighted by Gasteiger charge is -2.02. The Morgan fingerprint density at radius 2 is 1.93 bits per heavy atom. The molecule has 0 aliphatic rings. The zero-order valence-electron chi connectivity index (χ0n) is 14.9. The second-order valence-electron chi connectivity index (χ2n) is 6.20. The lowest BCUT2D eigenvalue weighted by Crippen LogP contribution is -2.13. The minimum Gasteiger partial charge on any atom is -0.422 e. The molecule has 5 nitrogen and oxygen atoms in total. The van der Waals surface area contributed by atoms with Gasteiger partial charge in [0, 0.05) is 16.3 Å². The van der Waals surface area contributed by atoms with Crippen molar-refractivity contribution in [2.75, 3.05) is 5.43 Å². The van der Waals surface area contributed by atoms with Gasteiger partial charge in [-0.3, -0.25) is 5.43 Å². The summed E-state index contributed by atoms with van der Waals surface area (Å²) in [6.07, 6.45) is 0. The number of nitrogens with one attached hydrogen (secondary N) is 1. The van der Waals surface area contributed by atoms with E-state index in [0.29, 0.717) is 22.0 Å². The van der Waals surface area contributed by atoms with Gasteiger partial charge in [0.15, 0.2) is 0 Å². The van der Waals surface area contributed by atoms with Gasteiger partial charge < -0.3 is 4.42 Å². The molecule has 0 atom stereocenters. The third-order valence-electron chi connectivity index (χ3n) is 4.20. The second-order valence-corrected chi connectivity index (χ2v) is 7.06. The van der Waals surface area contributed by atoms with Gasteiger partial charge in [0.2, 0.25) is 5.13 Å². The Morgan fingerprint density at radius 1 is 1.15 bits per heavy atom. The van der Waals surface area contributed by atoms with Gasteiger partial charge in [0.05, 0.1) is 17.0 Å². The van der Waals surface area contributed by atoms with Crippen molar-refractivity contribution in [3.63, 3.8) is 0 Å². The van der Waals surface area contributed by atoms with Crippen molar-refractivity contribution < 1.29 is 4.42 Å². The summed E-state index contributed by atoms with van der Waals surface area (Å²) in [6.45, 7) is 3.82. The van der Waals surface area contributed by atoms with Crippen molar-refractivity contribution in [2.45, 2.75) is 13.8 Å². The molecule has 0 unspecified atom stereocenters. The summed E-state index contributed by atoms with van der Waals surface area (Å²) in [6, 6.07) is 17.4. The summed E-state index contributed by atoms with van der Waals surface area (Å²) in [5, 5.41) is 7.80. The third-order valence-corrected chi connectivity index (χ3v) is 4.95. The van der Waals surface area contributed by atoms with Crippen molar-refractivity contribution in [1.29, 1.82) is 0 Å². The molecule has 0 aliphatic carbocycles. The molecule has 0 saturated carbocycles. The van der Waals surface area contributed by atoms with Gasteiger partial charge in [-0.1, -0.05) is 48.0 Å². The molecule has 0 aliphatic heterocycles. The van der Waals surface area contributed by atoms with E-state index in [9.17, 15) is 4.79 Å². The molecule has 4 rings (SSSR count). The Kier molecular flexibility index (Phi) is 4.56. The fourth-order valence-electron chi connectivity index (χ4n) is 2.69. The number of hydrazone groups is 1. The highest BCUT2D eigenvalue weighted by Gasteiger charge is 2.09. The number of thiazole rings is 1. The number of nitrogens with zero attached hydrogens (tertiary/aromatic N) is 2. The quantitative estimate of drug-likeness (QED) is 0.307. The van der Waals surface area contributed by atoms with Gasteiger partial charge in [-0.2, -0.15) is 5.10 Å². The topological polar surface area (TPSA) is 67.5 Å². The second kappa shape index (κ2) is 7.17. The highest BCUT2D eigenvalue weighted by Crippen LogP contribution is 2.25. The Labute approximate surface area is 160 Å². The van der Waals surface area contributed by atoms with Crippen molar-refractivity contribution in [2.24, 2.45) is 5.10 Å². The molecule has 4 aromatic rings. The van der Waals surface area contributed by atoms with Crippen LogP contribution in [0.15, 0.2) is 74.3 Å². The number of hydrogen-bond donors (Lipinski definition) is 1. The largest absolute Gasteiger partial charge is 0.422 e. The minimum atomic E-state index is -0.406. The first-order chi connectivity index (χ1) is 13.1. The van der Waals surface area contributed by atoms with Crippen molar-refractivity contribution >= 4 is 33.1 Å². The maximum absolute atomic E-state index is 12.2.